The molecule has 0 aliphatic carbocycles. The van der Waals surface area contributed by atoms with Crippen LogP contribution < -0.4 is 9.47 Å². The Morgan fingerprint density at radius 3 is 1.35 bits per heavy atom. The minimum atomic E-state index is -3.57. The third-order valence-electron chi connectivity index (χ3n) is 6.28. The second kappa shape index (κ2) is 10.1. The summed E-state index contributed by atoms with van der Waals surface area (Å²) in [5, 5.41) is 0. The van der Waals surface area contributed by atoms with E-state index in [1.807, 2.05) is 52.0 Å². The van der Waals surface area contributed by atoms with Crippen molar-refractivity contribution in [2.45, 2.75) is 62.3 Å². The molecule has 192 valence electrons. The molecule has 0 heterocycles. The summed E-state index contributed by atoms with van der Waals surface area (Å²) in [6.07, 6.45) is 0. The molecule has 4 aromatic rings. The third kappa shape index (κ3) is 6.23. The highest BCUT2D eigenvalue weighted by Crippen LogP contribution is 2.34. The number of rotatable bonds is 7. The molecule has 5 heteroatoms. The Hall–Kier alpha value is -3.57. The van der Waals surface area contributed by atoms with Crippen LogP contribution >= 0.6 is 0 Å². The van der Waals surface area contributed by atoms with E-state index < -0.39 is 9.84 Å². The maximum absolute atomic E-state index is 12.9. The lowest BCUT2D eigenvalue weighted by atomic mass is 9.78. The van der Waals surface area contributed by atoms with Crippen molar-refractivity contribution in [3.63, 3.8) is 0 Å². The number of hydrogen-bond donors (Lipinski definition) is 0. The molecule has 0 spiro atoms. The SMILES string of the molecule is Cc1ccc(S(=O)(=O)c2ccc(Oc3ccc(C(C)(C)c4ccc(OC(C)(C)C)cc4)cc3)cc2)cc1. The number of ether oxygens (including phenoxy) is 2. The molecule has 0 saturated carbocycles. The average molecular weight is 515 g/mol. The van der Waals surface area contributed by atoms with Gasteiger partial charge in [-0.2, -0.15) is 0 Å². The molecule has 0 aliphatic rings. The fourth-order valence-corrected chi connectivity index (χ4v) is 5.34. The van der Waals surface area contributed by atoms with Crippen molar-refractivity contribution in [3.8, 4) is 17.2 Å². The Labute approximate surface area is 220 Å². The van der Waals surface area contributed by atoms with Gasteiger partial charge in [0.25, 0.3) is 0 Å². The van der Waals surface area contributed by atoms with E-state index in [1.54, 1.807) is 48.5 Å². The predicted molar refractivity (Wildman–Crippen MR) is 149 cm³/mol. The zero-order valence-corrected chi connectivity index (χ0v) is 23.1. The fraction of sp³-hybridized carbons (Fsp3) is 0.250. The second-order valence-electron chi connectivity index (χ2n) is 10.8. The van der Waals surface area contributed by atoms with Gasteiger partial charge in [-0.15, -0.1) is 0 Å². The van der Waals surface area contributed by atoms with Crippen molar-refractivity contribution in [1.82, 2.24) is 0 Å². The van der Waals surface area contributed by atoms with E-state index in [0.29, 0.717) is 11.5 Å². The summed E-state index contributed by atoms with van der Waals surface area (Å²) in [5.74, 6) is 2.11. The largest absolute Gasteiger partial charge is 0.488 e. The van der Waals surface area contributed by atoms with Crippen LogP contribution in [0.25, 0.3) is 0 Å². The van der Waals surface area contributed by atoms with Gasteiger partial charge in [0, 0.05) is 5.41 Å². The average Bonchev–Trinajstić information content (AvgIpc) is 2.84. The summed E-state index contributed by atoms with van der Waals surface area (Å²) in [6, 6.07) is 29.6. The van der Waals surface area contributed by atoms with Gasteiger partial charge in [-0.25, -0.2) is 8.42 Å². The molecule has 4 aromatic carbocycles. The monoisotopic (exact) mass is 514 g/mol. The minimum absolute atomic E-state index is 0.204. The van der Waals surface area contributed by atoms with Gasteiger partial charge in [-0.1, -0.05) is 55.8 Å². The lowest BCUT2D eigenvalue weighted by molar-refractivity contribution is 0.131. The summed E-state index contributed by atoms with van der Waals surface area (Å²) in [6.45, 7) is 12.4. The van der Waals surface area contributed by atoms with E-state index in [0.717, 1.165) is 16.9 Å². The van der Waals surface area contributed by atoms with Gasteiger partial charge in [0.15, 0.2) is 0 Å². The number of benzene rings is 4. The highest BCUT2D eigenvalue weighted by molar-refractivity contribution is 7.91. The molecule has 0 amide bonds. The Balaban J connectivity index is 1.46. The fourth-order valence-electron chi connectivity index (χ4n) is 4.08. The van der Waals surface area contributed by atoms with E-state index in [-0.39, 0.29) is 20.8 Å². The molecule has 4 nitrogen and oxygen atoms in total. The number of aryl methyl sites for hydroxylation is 1. The molecule has 37 heavy (non-hydrogen) atoms. The van der Waals surface area contributed by atoms with Gasteiger partial charge < -0.3 is 9.47 Å². The summed E-state index contributed by atoms with van der Waals surface area (Å²) in [5.41, 5.74) is 2.92. The maximum atomic E-state index is 12.9. The zero-order chi connectivity index (χ0) is 26.8. The van der Waals surface area contributed by atoms with E-state index in [9.17, 15) is 8.42 Å². The minimum Gasteiger partial charge on any atom is -0.488 e. The first-order valence-electron chi connectivity index (χ1n) is 12.3. The third-order valence-corrected chi connectivity index (χ3v) is 8.06. The van der Waals surface area contributed by atoms with Crippen molar-refractivity contribution < 1.29 is 17.9 Å². The van der Waals surface area contributed by atoms with Crippen LogP contribution in [0.1, 0.15) is 51.3 Å². The Kier molecular flexibility index (Phi) is 7.20. The van der Waals surface area contributed by atoms with Crippen molar-refractivity contribution in [2.75, 3.05) is 0 Å². The van der Waals surface area contributed by atoms with Gasteiger partial charge in [0.1, 0.15) is 22.8 Å². The molecule has 0 atom stereocenters. The zero-order valence-electron chi connectivity index (χ0n) is 22.3. The van der Waals surface area contributed by atoms with Crippen LogP contribution in [-0.4, -0.2) is 14.0 Å². The van der Waals surface area contributed by atoms with Gasteiger partial charge >= 0.3 is 0 Å². The van der Waals surface area contributed by atoms with Gasteiger partial charge in [-0.05, 0) is 99.5 Å². The molecule has 0 fully saturated rings. The highest BCUT2D eigenvalue weighted by Gasteiger charge is 2.24. The molecule has 0 bridgehead atoms. The summed E-state index contributed by atoms with van der Waals surface area (Å²) >= 11 is 0. The van der Waals surface area contributed by atoms with E-state index in [2.05, 4.69) is 38.1 Å². The summed E-state index contributed by atoms with van der Waals surface area (Å²) in [7, 11) is -3.57. The van der Waals surface area contributed by atoms with Crippen LogP contribution in [0.5, 0.6) is 17.2 Å². The molecule has 0 N–H and O–H groups in total. The molecular weight excluding hydrogens is 480 g/mol. The smallest absolute Gasteiger partial charge is 0.206 e. The van der Waals surface area contributed by atoms with Crippen LogP contribution in [0, 0.1) is 6.92 Å². The highest BCUT2D eigenvalue weighted by atomic mass is 32.2. The van der Waals surface area contributed by atoms with Gasteiger partial charge in [0.05, 0.1) is 9.79 Å². The van der Waals surface area contributed by atoms with E-state index >= 15 is 0 Å². The number of sulfone groups is 1. The van der Waals surface area contributed by atoms with Crippen molar-refractivity contribution in [3.05, 3.63) is 114 Å². The van der Waals surface area contributed by atoms with Crippen LogP contribution in [0.15, 0.2) is 107 Å². The van der Waals surface area contributed by atoms with Crippen LogP contribution in [0.2, 0.25) is 0 Å². The molecule has 0 saturated heterocycles. The molecule has 0 aliphatic heterocycles. The Morgan fingerprint density at radius 2 is 0.919 bits per heavy atom. The van der Waals surface area contributed by atoms with Gasteiger partial charge in [0.2, 0.25) is 9.84 Å². The predicted octanol–water partition coefficient (Wildman–Crippen LogP) is 8.12. The first-order chi connectivity index (χ1) is 17.3. The van der Waals surface area contributed by atoms with Crippen LogP contribution in [0.3, 0.4) is 0 Å². The second-order valence-corrected chi connectivity index (χ2v) is 12.7. The first kappa shape index (κ1) is 26.5. The lowest BCUT2D eigenvalue weighted by Crippen LogP contribution is -2.23. The van der Waals surface area contributed by atoms with Crippen molar-refractivity contribution in [2.24, 2.45) is 0 Å². The topological polar surface area (TPSA) is 52.6 Å². The van der Waals surface area contributed by atoms with Crippen molar-refractivity contribution >= 4 is 9.84 Å². The van der Waals surface area contributed by atoms with Crippen molar-refractivity contribution in [1.29, 1.82) is 0 Å². The van der Waals surface area contributed by atoms with Gasteiger partial charge in [-0.3, -0.25) is 0 Å². The Morgan fingerprint density at radius 1 is 0.541 bits per heavy atom. The molecule has 0 aromatic heterocycles. The Bertz CT molecular complexity index is 1440. The summed E-state index contributed by atoms with van der Waals surface area (Å²) < 4.78 is 37.7. The lowest BCUT2D eigenvalue weighted by Gasteiger charge is -2.27. The summed E-state index contributed by atoms with van der Waals surface area (Å²) in [4.78, 5) is 0.515. The van der Waals surface area contributed by atoms with Crippen LogP contribution in [0.4, 0.5) is 0 Å². The molecular formula is C32H34O4S. The normalized spacial score (nSPS) is 12.3. The number of hydrogen-bond acceptors (Lipinski definition) is 4. The maximum Gasteiger partial charge on any atom is 0.206 e. The van der Waals surface area contributed by atoms with E-state index in [1.165, 1.54) is 5.56 Å². The molecule has 4 rings (SSSR count). The van der Waals surface area contributed by atoms with Crippen LogP contribution in [-0.2, 0) is 15.3 Å². The quantitative estimate of drug-likeness (QED) is 0.250. The first-order valence-corrected chi connectivity index (χ1v) is 13.8. The van der Waals surface area contributed by atoms with E-state index in [4.69, 9.17) is 9.47 Å². The standard InChI is InChI=1S/C32H34O4S/c1-23-7-19-29(20-8-23)37(33,34)30-21-17-27(18-22-30)35-26-13-9-24(10-14-26)32(5,6)25-11-15-28(16-12-25)36-31(2,3)4/h7-22H,1-6H3. The molecule has 0 unspecified atom stereocenters. The molecule has 0 radical (unpaired) electrons.